The average Bonchev–Trinajstić information content (AvgIpc) is 3.21. The first-order chi connectivity index (χ1) is 11.9. The molecule has 1 aliphatic rings. The molecule has 1 amide bonds. The van der Waals surface area contributed by atoms with Crippen molar-refractivity contribution < 1.29 is 13.2 Å². The quantitative estimate of drug-likeness (QED) is 0.763. The molecule has 1 atom stereocenters. The van der Waals surface area contributed by atoms with Crippen LogP contribution in [0.4, 0.5) is 5.13 Å². The van der Waals surface area contributed by atoms with Crippen LogP contribution in [0.2, 0.25) is 0 Å². The Morgan fingerprint density at radius 2 is 2.08 bits per heavy atom. The lowest BCUT2D eigenvalue weighted by Gasteiger charge is -2.20. The van der Waals surface area contributed by atoms with Gasteiger partial charge in [0.15, 0.2) is 5.13 Å². The predicted molar refractivity (Wildman–Crippen MR) is 100 cm³/mol. The molecule has 0 radical (unpaired) electrons. The number of carbonyl (C=O) groups excluding carboxylic acids is 1. The molecule has 130 valence electrons. The van der Waals surface area contributed by atoms with Gasteiger partial charge in [-0.1, -0.05) is 41.7 Å². The maximum atomic E-state index is 12.6. The molecule has 0 unspecified atom stereocenters. The van der Waals surface area contributed by atoms with Gasteiger partial charge in [0.05, 0.1) is 16.5 Å². The molecule has 6 nitrogen and oxygen atoms in total. The van der Waals surface area contributed by atoms with Gasteiger partial charge >= 0.3 is 0 Å². The summed E-state index contributed by atoms with van der Waals surface area (Å²) in [7, 11) is -3.39. The highest BCUT2D eigenvalue weighted by atomic mass is 32.2. The number of rotatable bonds is 3. The van der Waals surface area contributed by atoms with Gasteiger partial charge in [0, 0.05) is 11.9 Å². The van der Waals surface area contributed by atoms with Crippen molar-refractivity contribution in [2.75, 3.05) is 18.1 Å². The zero-order chi connectivity index (χ0) is 17.6. The lowest BCUT2D eigenvalue weighted by atomic mass is 10.1. The molecule has 8 heteroatoms. The average molecular weight is 375 g/mol. The van der Waals surface area contributed by atoms with Gasteiger partial charge in [-0.05, 0) is 24.3 Å². The minimum Gasteiger partial charge on any atom is -0.301 e. The van der Waals surface area contributed by atoms with Gasteiger partial charge in [-0.2, -0.15) is 4.31 Å². The number of hydrogen-bond acceptors (Lipinski definition) is 5. The zero-order valence-electron chi connectivity index (χ0n) is 13.6. The number of hydrogen-bond donors (Lipinski definition) is 1. The van der Waals surface area contributed by atoms with Crippen LogP contribution < -0.4 is 5.32 Å². The third-order valence-corrected chi connectivity index (χ3v) is 6.67. The zero-order valence-corrected chi connectivity index (χ0v) is 15.2. The molecule has 0 spiro atoms. The number of sulfonamides is 1. The molecule has 0 aliphatic carbocycles. The Balaban J connectivity index is 1.64. The van der Waals surface area contributed by atoms with Gasteiger partial charge < -0.3 is 5.32 Å². The Morgan fingerprint density at radius 3 is 2.88 bits per heavy atom. The minimum absolute atomic E-state index is 0.314. The standard InChI is InChI=1S/C17H17N3O3S2/c1-25(22,23)20-10-4-7-13(20)16(21)19-17-18-15-12-6-3-2-5-11(12)8-9-14(15)24-17/h2-3,5-6,8-9,13H,4,7,10H2,1H3,(H,18,19,21)/t13-/m0/s1. The molecule has 0 bridgehead atoms. The Kier molecular flexibility index (Phi) is 3.98. The van der Waals surface area contributed by atoms with Crippen LogP contribution in [0.25, 0.3) is 21.0 Å². The third kappa shape index (κ3) is 3.01. The Morgan fingerprint density at radius 1 is 1.28 bits per heavy atom. The van der Waals surface area contributed by atoms with Crippen LogP contribution in [-0.4, -0.2) is 42.5 Å². The first kappa shape index (κ1) is 16.4. The summed E-state index contributed by atoms with van der Waals surface area (Å²) >= 11 is 1.40. The summed E-state index contributed by atoms with van der Waals surface area (Å²) in [5, 5.41) is 5.43. The molecule has 1 N–H and O–H groups in total. The van der Waals surface area contributed by atoms with E-state index in [4.69, 9.17) is 0 Å². The Bertz CT molecular complexity index is 1080. The lowest BCUT2D eigenvalue weighted by Crippen LogP contribution is -2.42. The molecule has 1 fully saturated rings. The first-order valence-corrected chi connectivity index (χ1v) is 10.7. The number of amides is 1. The summed E-state index contributed by atoms with van der Waals surface area (Å²) in [4.78, 5) is 17.1. The highest BCUT2D eigenvalue weighted by Crippen LogP contribution is 2.32. The number of fused-ring (bicyclic) bond motifs is 3. The van der Waals surface area contributed by atoms with Crippen LogP contribution in [0, 0.1) is 0 Å². The smallest absolute Gasteiger partial charge is 0.244 e. The van der Waals surface area contributed by atoms with E-state index in [0.29, 0.717) is 24.5 Å². The van der Waals surface area contributed by atoms with E-state index in [1.807, 2.05) is 36.4 Å². The topological polar surface area (TPSA) is 79.4 Å². The number of thiazole rings is 1. The number of nitrogens with zero attached hydrogens (tertiary/aromatic N) is 2. The van der Waals surface area contributed by atoms with Crippen molar-refractivity contribution in [3.63, 3.8) is 0 Å². The van der Waals surface area contributed by atoms with Crippen molar-refractivity contribution in [3.05, 3.63) is 36.4 Å². The Hall–Kier alpha value is -2.03. The maximum absolute atomic E-state index is 12.6. The first-order valence-electron chi connectivity index (χ1n) is 7.99. The third-order valence-electron chi connectivity index (χ3n) is 4.45. The van der Waals surface area contributed by atoms with E-state index < -0.39 is 16.1 Å². The predicted octanol–water partition coefficient (Wildman–Crippen LogP) is 2.81. The molecule has 1 saturated heterocycles. The van der Waals surface area contributed by atoms with Crippen LogP contribution in [0.15, 0.2) is 36.4 Å². The molecule has 25 heavy (non-hydrogen) atoms. The normalized spacial score (nSPS) is 18.8. The number of aromatic nitrogens is 1. The van der Waals surface area contributed by atoms with E-state index in [2.05, 4.69) is 10.3 Å². The molecule has 3 aromatic rings. The summed E-state index contributed by atoms with van der Waals surface area (Å²) in [5.41, 5.74) is 0.852. The van der Waals surface area contributed by atoms with Crippen LogP contribution in [0.1, 0.15) is 12.8 Å². The number of benzene rings is 2. The van der Waals surface area contributed by atoms with Gasteiger partial charge in [0.2, 0.25) is 15.9 Å². The largest absolute Gasteiger partial charge is 0.301 e. The monoisotopic (exact) mass is 375 g/mol. The highest BCUT2D eigenvalue weighted by molar-refractivity contribution is 7.88. The summed E-state index contributed by atoms with van der Waals surface area (Å²) in [5.74, 6) is -0.314. The van der Waals surface area contributed by atoms with Crippen LogP contribution in [0.3, 0.4) is 0 Å². The van der Waals surface area contributed by atoms with Crippen molar-refractivity contribution in [2.24, 2.45) is 0 Å². The van der Waals surface area contributed by atoms with Crippen LogP contribution >= 0.6 is 11.3 Å². The summed E-state index contributed by atoms with van der Waals surface area (Å²) in [6, 6.07) is 11.3. The van der Waals surface area contributed by atoms with Gasteiger partial charge in [-0.3, -0.25) is 4.79 Å². The fourth-order valence-electron chi connectivity index (χ4n) is 3.30. The van der Waals surface area contributed by atoms with E-state index in [9.17, 15) is 13.2 Å². The van der Waals surface area contributed by atoms with E-state index in [1.165, 1.54) is 15.6 Å². The number of carbonyl (C=O) groups is 1. The minimum atomic E-state index is -3.39. The number of anilines is 1. The van der Waals surface area contributed by atoms with Gasteiger partial charge in [-0.15, -0.1) is 0 Å². The van der Waals surface area contributed by atoms with Gasteiger partial charge in [0.1, 0.15) is 6.04 Å². The molecular formula is C17H17N3O3S2. The summed E-state index contributed by atoms with van der Waals surface area (Å²) in [6.07, 6.45) is 2.37. The summed E-state index contributed by atoms with van der Waals surface area (Å²) in [6.45, 7) is 0.390. The lowest BCUT2D eigenvalue weighted by molar-refractivity contribution is -0.119. The Labute approximate surface area is 149 Å². The molecule has 1 aromatic heterocycles. The van der Waals surface area contributed by atoms with E-state index in [0.717, 1.165) is 27.2 Å². The van der Waals surface area contributed by atoms with Gasteiger partial charge in [0.25, 0.3) is 0 Å². The van der Waals surface area contributed by atoms with Crippen molar-refractivity contribution in [1.82, 2.24) is 9.29 Å². The van der Waals surface area contributed by atoms with Crippen molar-refractivity contribution in [2.45, 2.75) is 18.9 Å². The van der Waals surface area contributed by atoms with Crippen LogP contribution in [-0.2, 0) is 14.8 Å². The SMILES string of the molecule is CS(=O)(=O)N1CCC[C@H]1C(=O)Nc1nc2c(ccc3ccccc32)s1. The number of nitrogens with one attached hydrogen (secondary N) is 1. The second-order valence-electron chi connectivity index (χ2n) is 6.17. The maximum Gasteiger partial charge on any atom is 0.244 e. The molecule has 4 rings (SSSR count). The van der Waals surface area contributed by atoms with Crippen molar-refractivity contribution in [1.29, 1.82) is 0 Å². The van der Waals surface area contributed by atoms with E-state index >= 15 is 0 Å². The summed E-state index contributed by atoms with van der Waals surface area (Å²) < 4.78 is 25.9. The van der Waals surface area contributed by atoms with Gasteiger partial charge in [-0.25, -0.2) is 13.4 Å². The van der Waals surface area contributed by atoms with E-state index in [1.54, 1.807) is 0 Å². The van der Waals surface area contributed by atoms with Crippen LogP contribution in [0.5, 0.6) is 0 Å². The van der Waals surface area contributed by atoms with Crippen molar-refractivity contribution in [3.8, 4) is 0 Å². The van der Waals surface area contributed by atoms with E-state index in [-0.39, 0.29) is 5.91 Å². The van der Waals surface area contributed by atoms with Crippen molar-refractivity contribution >= 4 is 53.4 Å². The molecule has 2 aromatic carbocycles. The highest BCUT2D eigenvalue weighted by Gasteiger charge is 2.36. The molecule has 1 aliphatic heterocycles. The molecule has 0 saturated carbocycles. The molecule has 2 heterocycles. The fraction of sp³-hybridized carbons (Fsp3) is 0.294. The fourth-order valence-corrected chi connectivity index (χ4v) is 5.31. The second-order valence-corrected chi connectivity index (χ2v) is 9.14. The second kappa shape index (κ2) is 6.05. The molecular weight excluding hydrogens is 358 g/mol.